The van der Waals surface area contributed by atoms with Crippen molar-refractivity contribution in [2.45, 2.75) is 26.7 Å². The van der Waals surface area contributed by atoms with Gasteiger partial charge < -0.3 is 5.73 Å². The van der Waals surface area contributed by atoms with Crippen LogP contribution in [0.15, 0.2) is 12.1 Å². The second kappa shape index (κ2) is 3.46. The van der Waals surface area contributed by atoms with Crippen LogP contribution in [0.3, 0.4) is 0 Å². The highest BCUT2D eigenvalue weighted by atomic mass is 35.5. The van der Waals surface area contributed by atoms with Crippen LogP contribution in [0, 0.1) is 18.3 Å². The quantitative estimate of drug-likeness (QED) is 0.785. The summed E-state index contributed by atoms with van der Waals surface area (Å²) in [4.78, 5) is 4.18. The van der Waals surface area contributed by atoms with Gasteiger partial charge in [0.05, 0.1) is 0 Å². The first-order valence-electron chi connectivity index (χ1n) is 5.31. The van der Waals surface area contributed by atoms with Crippen molar-refractivity contribution in [3.8, 4) is 0 Å². The van der Waals surface area contributed by atoms with Gasteiger partial charge in [0.1, 0.15) is 5.15 Å². The largest absolute Gasteiger partial charge is 0.330 e. The molecule has 2 unspecified atom stereocenters. The van der Waals surface area contributed by atoms with E-state index in [0.29, 0.717) is 22.4 Å². The van der Waals surface area contributed by atoms with Gasteiger partial charge in [-0.2, -0.15) is 0 Å². The average molecular weight is 225 g/mol. The summed E-state index contributed by atoms with van der Waals surface area (Å²) in [5.74, 6) is 1.12. The molecule has 0 aliphatic heterocycles. The van der Waals surface area contributed by atoms with E-state index < -0.39 is 0 Å². The first-order valence-corrected chi connectivity index (χ1v) is 5.68. The van der Waals surface area contributed by atoms with E-state index in [1.54, 1.807) is 0 Å². The molecular weight excluding hydrogens is 208 g/mol. The van der Waals surface area contributed by atoms with Crippen LogP contribution >= 0.6 is 11.6 Å². The van der Waals surface area contributed by atoms with E-state index in [9.17, 15) is 0 Å². The van der Waals surface area contributed by atoms with E-state index in [0.717, 1.165) is 12.2 Å². The summed E-state index contributed by atoms with van der Waals surface area (Å²) in [5, 5.41) is 0.587. The number of aromatic nitrogens is 1. The van der Waals surface area contributed by atoms with Gasteiger partial charge in [-0.3, -0.25) is 0 Å². The second-order valence-corrected chi connectivity index (χ2v) is 5.39. The molecule has 1 fully saturated rings. The lowest BCUT2D eigenvalue weighted by atomic mass is 10.0. The SMILES string of the molecule is Cc1cc(C2C(CN)C2(C)C)cc(Cl)n1. The Morgan fingerprint density at radius 2 is 2.13 bits per heavy atom. The lowest BCUT2D eigenvalue weighted by Gasteiger charge is -2.04. The molecule has 82 valence electrons. The Balaban J connectivity index is 2.32. The highest BCUT2D eigenvalue weighted by Crippen LogP contribution is 2.63. The van der Waals surface area contributed by atoms with Crippen molar-refractivity contribution in [3.63, 3.8) is 0 Å². The van der Waals surface area contributed by atoms with Crippen LogP contribution in [0.2, 0.25) is 5.15 Å². The highest BCUT2D eigenvalue weighted by Gasteiger charge is 2.57. The van der Waals surface area contributed by atoms with Gasteiger partial charge in [0, 0.05) is 5.69 Å². The van der Waals surface area contributed by atoms with Crippen LogP contribution in [-0.2, 0) is 0 Å². The maximum Gasteiger partial charge on any atom is 0.129 e. The fourth-order valence-corrected chi connectivity index (χ4v) is 2.94. The highest BCUT2D eigenvalue weighted by molar-refractivity contribution is 6.29. The Hall–Kier alpha value is -0.600. The molecule has 1 aliphatic rings. The van der Waals surface area contributed by atoms with Crippen LogP contribution in [0.4, 0.5) is 0 Å². The van der Waals surface area contributed by atoms with Crippen molar-refractivity contribution in [2.24, 2.45) is 17.1 Å². The molecule has 1 heterocycles. The third-order valence-corrected chi connectivity index (χ3v) is 3.80. The summed E-state index contributed by atoms with van der Waals surface area (Å²) in [6.45, 7) is 7.25. The zero-order valence-electron chi connectivity index (χ0n) is 9.42. The molecule has 2 nitrogen and oxygen atoms in total. The van der Waals surface area contributed by atoms with E-state index in [-0.39, 0.29) is 0 Å². The zero-order valence-corrected chi connectivity index (χ0v) is 10.2. The minimum absolute atomic E-state index is 0.311. The molecule has 1 saturated carbocycles. The van der Waals surface area contributed by atoms with Crippen molar-refractivity contribution < 1.29 is 0 Å². The maximum atomic E-state index is 5.96. The van der Waals surface area contributed by atoms with E-state index in [4.69, 9.17) is 17.3 Å². The molecule has 0 radical (unpaired) electrons. The third-order valence-electron chi connectivity index (χ3n) is 3.61. The van der Waals surface area contributed by atoms with E-state index in [1.165, 1.54) is 5.56 Å². The number of hydrogen-bond donors (Lipinski definition) is 1. The van der Waals surface area contributed by atoms with Crippen LogP contribution in [-0.4, -0.2) is 11.5 Å². The number of rotatable bonds is 2. The van der Waals surface area contributed by atoms with E-state index in [2.05, 4.69) is 24.9 Å². The minimum atomic E-state index is 0.311. The maximum absolute atomic E-state index is 5.96. The molecular formula is C12H17ClN2. The molecule has 1 aromatic rings. The summed E-state index contributed by atoms with van der Waals surface area (Å²) >= 11 is 5.96. The number of aryl methyl sites for hydroxylation is 1. The molecule has 0 aromatic carbocycles. The Morgan fingerprint density at radius 3 is 2.60 bits per heavy atom. The van der Waals surface area contributed by atoms with Crippen LogP contribution in [0.25, 0.3) is 0 Å². The van der Waals surface area contributed by atoms with Crippen molar-refractivity contribution in [2.75, 3.05) is 6.54 Å². The number of pyridine rings is 1. The first kappa shape index (κ1) is 10.9. The van der Waals surface area contributed by atoms with Gasteiger partial charge in [-0.05, 0) is 48.4 Å². The molecule has 1 aliphatic carbocycles. The minimum Gasteiger partial charge on any atom is -0.330 e. The fourth-order valence-electron chi connectivity index (χ4n) is 2.68. The van der Waals surface area contributed by atoms with Crippen molar-refractivity contribution in [3.05, 3.63) is 28.5 Å². The Labute approximate surface area is 95.8 Å². The Morgan fingerprint density at radius 1 is 1.47 bits per heavy atom. The monoisotopic (exact) mass is 224 g/mol. The summed E-state index contributed by atoms with van der Waals surface area (Å²) in [6.07, 6.45) is 0. The van der Waals surface area contributed by atoms with Gasteiger partial charge in [0.2, 0.25) is 0 Å². The molecule has 0 amide bonds. The van der Waals surface area contributed by atoms with Gasteiger partial charge in [-0.1, -0.05) is 25.4 Å². The molecule has 0 saturated heterocycles. The predicted octanol–water partition coefficient (Wildman–Crippen LogP) is 2.74. The molecule has 15 heavy (non-hydrogen) atoms. The average Bonchev–Trinajstić information content (AvgIpc) is 2.66. The summed E-state index contributed by atoms with van der Waals surface area (Å²) < 4.78 is 0. The summed E-state index contributed by atoms with van der Waals surface area (Å²) in [7, 11) is 0. The molecule has 0 spiro atoms. The van der Waals surface area contributed by atoms with Crippen LogP contribution in [0.5, 0.6) is 0 Å². The summed E-state index contributed by atoms with van der Waals surface area (Å²) in [5.41, 5.74) is 8.34. The zero-order chi connectivity index (χ0) is 11.2. The van der Waals surface area contributed by atoms with Crippen molar-refractivity contribution in [1.82, 2.24) is 4.98 Å². The van der Waals surface area contributed by atoms with Crippen molar-refractivity contribution >= 4 is 11.6 Å². The van der Waals surface area contributed by atoms with Crippen LogP contribution in [0.1, 0.15) is 31.0 Å². The molecule has 2 rings (SSSR count). The number of nitrogens with zero attached hydrogens (tertiary/aromatic N) is 1. The standard InChI is InChI=1S/C12H17ClN2/c1-7-4-8(5-10(13)15-7)11-9(6-14)12(11,2)3/h4-5,9,11H,6,14H2,1-3H3. The molecule has 0 bridgehead atoms. The molecule has 3 heteroatoms. The number of halogens is 1. The van der Waals surface area contributed by atoms with Gasteiger partial charge in [-0.25, -0.2) is 4.98 Å². The third kappa shape index (κ3) is 1.77. The lowest BCUT2D eigenvalue weighted by molar-refractivity contribution is 0.558. The Bertz CT molecular complexity index is 367. The smallest absolute Gasteiger partial charge is 0.129 e. The summed E-state index contributed by atoms with van der Waals surface area (Å²) in [6, 6.07) is 4.09. The first-order chi connectivity index (χ1) is 6.96. The second-order valence-electron chi connectivity index (χ2n) is 5.01. The van der Waals surface area contributed by atoms with Gasteiger partial charge in [-0.15, -0.1) is 0 Å². The van der Waals surface area contributed by atoms with Crippen LogP contribution < -0.4 is 5.73 Å². The molecule has 2 N–H and O–H groups in total. The topological polar surface area (TPSA) is 38.9 Å². The van der Waals surface area contributed by atoms with Crippen molar-refractivity contribution in [1.29, 1.82) is 0 Å². The van der Waals surface area contributed by atoms with Gasteiger partial charge >= 0.3 is 0 Å². The number of hydrogen-bond acceptors (Lipinski definition) is 2. The number of nitrogens with two attached hydrogens (primary N) is 1. The fraction of sp³-hybridized carbons (Fsp3) is 0.583. The Kier molecular flexibility index (Phi) is 2.52. The normalized spacial score (nSPS) is 27.8. The molecule has 1 aromatic heterocycles. The van der Waals surface area contributed by atoms with E-state index >= 15 is 0 Å². The van der Waals surface area contributed by atoms with Gasteiger partial charge in [0.25, 0.3) is 0 Å². The predicted molar refractivity (Wildman–Crippen MR) is 63.1 cm³/mol. The van der Waals surface area contributed by atoms with E-state index in [1.807, 2.05) is 13.0 Å². The van der Waals surface area contributed by atoms with Gasteiger partial charge in [0.15, 0.2) is 0 Å². The molecule has 2 atom stereocenters. The lowest BCUT2D eigenvalue weighted by Crippen LogP contribution is -2.05.